The van der Waals surface area contributed by atoms with Gasteiger partial charge in [0.1, 0.15) is 66.6 Å². The Bertz CT molecular complexity index is 2450. The molecule has 454 valence electrons. The van der Waals surface area contributed by atoms with E-state index in [1.165, 1.54) is 4.90 Å². The van der Waals surface area contributed by atoms with Gasteiger partial charge < -0.3 is 73.5 Å². The van der Waals surface area contributed by atoms with Crippen LogP contribution in [0.2, 0.25) is 0 Å². The first kappa shape index (κ1) is 66.3. The molecule has 2 aromatic carbocycles. The Balaban J connectivity index is 1.55. The van der Waals surface area contributed by atoms with Crippen molar-refractivity contribution in [2.24, 2.45) is 35.1 Å². The Kier molecular flexibility index (Phi) is 26.1. The van der Waals surface area contributed by atoms with Crippen molar-refractivity contribution in [3.8, 4) is 0 Å². The molecule has 3 aliphatic heterocycles. The van der Waals surface area contributed by atoms with Gasteiger partial charge in [-0.15, -0.1) is 0 Å². The number of carbonyl (C=O) groups is 9. The number of nitrogens with zero attached hydrogens (tertiary/aromatic N) is 1. The van der Waals surface area contributed by atoms with Crippen LogP contribution in [0.15, 0.2) is 60.7 Å². The Morgan fingerprint density at radius 1 is 0.573 bits per heavy atom. The largest absolute Gasteiger partial charge is 0.387 e. The molecule has 0 saturated carbocycles. The summed E-state index contributed by atoms with van der Waals surface area (Å²) in [6.45, 7) is 14.4. The van der Waals surface area contributed by atoms with Crippen LogP contribution in [0.5, 0.6) is 0 Å². The zero-order valence-electron chi connectivity index (χ0n) is 49.0. The normalized spacial score (nSPS) is 28.2. The van der Waals surface area contributed by atoms with Gasteiger partial charge in [0, 0.05) is 19.5 Å². The molecule has 3 saturated heterocycles. The molecule has 3 heterocycles. The van der Waals surface area contributed by atoms with E-state index < -0.39 is 138 Å². The first-order valence-electron chi connectivity index (χ1n) is 29.2. The van der Waals surface area contributed by atoms with Gasteiger partial charge >= 0.3 is 0 Å². The second-order valence-electron chi connectivity index (χ2n) is 23.4. The van der Waals surface area contributed by atoms with Gasteiger partial charge in [-0.2, -0.15) is 0 Å². The topological polar surface area (TPSA) is 344 Å². The molecule has 0 unspecified atom stereocenters. The molecule has 2 aromatic rings. The molecule has 5 rings (SSSR count). The highest BCUT2D eigenvalue weighted by atomic mass is 16.6. The van der Waals surface area contributed by atoms with E-state index in [1.807, 2.05) is 52.0 Å². The van der Waals surface area contributed by atoms with E-state index in [0.29, 0.717) is 18.4 Å². The zero-order valence-corrected chi connectivity index (χ0v) is 49.0. The Labute approximate surface area is 482 Å². The number of rotatable bonds is 17. The Hall–Kier alpha value is -6.53. The number of fused-ring (bicyclic) bond motifs is 3. The van der Waals surface area contributed by atoms with Crippen molar-refractivity contribution < 1.29 is 57.7 Å². The Morgan fingerprint density at radius 3 is 1.54 bits per heavy atom. The highest BCUT2D eigenvalue weighted by Crippen LogP contribution is 2.27. The molecule has 82 heavy (non-hydrogen) atoms. The molecule has 3 aliphatic rings. The fourth-order valence-corrected chi connectivity index (χ4v) is 10.5. The van der Waals surface area contributed by atoms with Gasteiger partial charge in [0.05, 0.1) is 6.61 Å². The van der Waals surface area contributed by atoms with Crippen molar-refractivity contribution in [1.82, 2.24) is 47.4 Å². The third kappa shape index (κ3) is 19.3. The van der Waals surface area contributed by atoms with Crippen molar-refractivity contribution in [2.45, 2.75) is 193 Å². The Morgan fingerprint density at radius 2 is 1.04 bits per heavy atom. The van der Waals surface area contributed by atoms with Crippen molar-refractivity contribution in [3.63, 3.8) is 0 Å². The molecule has 13 N–H and O–H groups in total. The molecule has 0 aliphatic carbocycles. The number of nitrogens with two attached hydrogens (primary N) is 2. The predicted octanol–water partition coefficient (Wildman–Crippen LogP) is 0.339. The van der Waals surface area contributed by atoms with Gasteiger partial charge in [-0.05, 0) is 99.3 Å². The van der Waals surface area contributed by atoms with Gasteiger partial charge in [-0.25, -0.2) is 0 Å². The van der Waals surface area contributed by atoms with Crippen LogP contribution in [0.1, 0.15) is 118 Å². The lowest BCUT2D eigenvalue weighted by molar-refractivity contribution is -0.143. The van der Waals surface area contributed by atoms with Gasteiger partial charge in [0.15, 0.2) is 6.10 Å². The smallest absolute Gasteiger partial charge is 0.252 e. The molecule has 12 atom stereocenters. The molecule has 9 amide bonds. The molecule has 2 bridgehead atoms. The van der Waals surface area contributed by atoms with E-state index in [9.17, 15) is 48.3 Å². The zero-order chi connectivity index (χ0) is 60.2. The first-order valence-corrected chi connectivity index (χ1v) is 29.2. The number of aliphatic hydroxyl groups excluding tert-OH is 1. The number of carbonyl (C=O) groups excluding carboxylic acids is 9. The minimum Gasteiger partial charge on any atom is -0.387 e. The quantitative estimate of drug-likeness (QED) is 0.102. The van der Waals surface area contributed by atoms with Crippen LogP contribution in [0.4, 0.5) is 0 Å². The van der Waals surface area contributed by atoms with Gasteiger partial charge in [0.2, 0.25) is 47.3 Å². The summed E-state index contributed by atoms with van der Waals surface area (Å²) in [5.41, 5.74) is 13.3. The van der Waals surface area contributed by atoms with E-state index in [-0.39, 0.29) is 89.6 Å². The van der Waals surface area contributed by atoms with E-state index in [2.05, 4.69) is 42.5 Å². The average Bonchev–Trinajstić information content (AvgIpc) is 4.18. The maximum Gasteiger partial charge on any atom is 0.252 e. The highest BCUT2D eigenvalue weighted by Gasteiger charge is 2.49. The lowest BCUT2D eigenvalue weighted by Gasteiger charge is -2.32. The van der Waals surface area contributed by atoms with Crippen LogP contribution >= 0.6 is 0 Å². The third-order valence-electron chi connectivity index (χ3n) is 14.9. The van der Waals surface area contributed by atoms with Crippen LogP contribution in [0.25, 0.3) is 0 Å². The summed E-state index contributed by atoms with van der Waals surface area (Å²) < 4.78 is 12.4. The van der Waals surface area contributed by atoms with E-state index in [4.69, 9.17) is 20.9 Å². The van der Waals surface area contributed by atoms with E-state index >= 15 is 0 Å². The third-order valence-corrected chi connectivity index (χ3v) is 14.9. The molecular weight excluding hydrogens is 1050 g/mol. The SMILES string of the molecule is CC(C)C[C@@H]1NC(=O)[C@H](CCCN)NC(=O)[C@H](C(C)C)NC(=O)[C@@H]2CCCN2C(=O)[C@@H](Cc2ccccc2)NC(=O)[C@H](CC(C)C)NC(=O)[C@H](CCCN)NC(=O)[C@H](C(C)C)NC(=O)[C@@H]2O[C@H](CNC1=O)[C@@H](OCc1ccccc1)[C@@H]2O. The van der Waals surface area contributed by atoms with Gasteiger partial charge in [-0.3, -0.25) is 43.2 Å². The van der Waals surface area contributed by atoms with Crippen molar-refractivity contribution >= 4 is 53.2 Å². The fourth-order valence-electron chi connectivity index (χ4n) is 10.5. The van der Waals surface area contributed by atoms with E-state index in [0.717, 1.165) is 5.56 Å². The monoisotopic (exact) mass is 1150 g/mol. The summed E-state index contributed by atoms with van der Waals surface area (Å²) in [7, 11) is 0. The average molecular weight is 1150 g/mol. The van der Waals surface area contributed by atoms with E-state index in [1.54, 1.807) is 64.1 Å². The van der Waals surface area contributed by atoms with Crippen LogP contribution in [0, 0.1) is 23.7 Å². The lowest BCUT2D eigenvalue weighted by atomic mass is 9.99. The molecule has 3 fully saturated rings. The standard InChI is InChI=1S/C59H91N11O12/c1-33(2)28-41-51(72)62-31-45-49(81-32-38-20-13-10-14-21-38)48(71)50(82-45)58(79)69-47(36(7)8)57(78)64-40(23-16-26-61)53(74)66-42(29-34(3)4)54(75)67-43(30-37-18-11-9-12-19-37)59(80)70-27-17-24-44(70)55(76)68-46(35(5)6)56(77)63-39(22-15-25-60)52(73)65-41/h9-14,18-21,33-36,39-50,71H,15-17,22-32,60-61H2,1-8H3,(H,62,72)(H,63,77)(H,64,78)(H,65,73)(H,66,74)(H,67,75)(H,68,76)(H,69,79)/t39-,40-,41-,42-,43+,44-,45+,46-,47-,48-,49+,50+/m0/s1. The van der Waals surface area contributed by atoms with Crippen LogP contribution in [-0.4, -0.2) is 162 Å². The van der Waals surface area contributed by atoms with Crippen molar-refractivity contribution in [1.29, 1.82) is 0 Å². The number of ether oxygens (including phenoxy) is 2. The number of hydrogen-bond donors (Lipinski definition) is 11. The number of nitrogens with one attached hydrogen (secondary N) is 8. The maximum atomic E-state index is 14.9. The highest BCUT2D eigenvalue weighted by molar-refractivity contribution is 5.98. The first-order chi connectivity index (χ1) is 39.0. The fraction of sp³-hybridized carbons (Fsp3) is 0.644. The summed E-state index contributed by atoms with van der Waals surface area (Å²) in [4.78, 5) is 131. The lowest BCUT2D eigenvalue weighted by Crippen LogP contribution is -2.61. The summed E-state index contributed by atoms with van der Waals surface area (Å²) >= 11 is 0. The summed E-state index contributed by atoms with van der Waals surface area (Å²) in [5, 5.41) is 34.3. The van der Waals surface area contributed by atoms with Gasteiger partial charge in [-0.1, -0.05) is 116 Å². The summed E-state index contributed by atoms with van der Waals surface area (Å²) in [6, 6.07) is 8.47. The summed E-state index contributed by atoms with van der Waals surface area (Å²) in [5.74, 6) is -7.60. The maximum absolute atomic E-state index is 14.9. The van der Waals surface area contributed by atoms with Crippen LogP contribution in [-0.2, 0) is 65.7 Å². The number of amides is 9. The molecule has 0 spiro atoms. The predicted molar refractivity (Wildman–Crippen MR) is 306 cm³/mol. The minimum atomic E-state index is -1.62. The molecule has 0 aromatic heterocycles. The second kappa shape index (κ2) is 32.4. The summed E-state index contributed by atoms with van der Waals surface area (Å²) in [6.07, 6.45) is -3.87. The van der Waals surface area contributed by atoms with Crippen LogP contribution in [0.3, 0.4) is 0 Å². The molecule has 23 nitrogen and oxygen atoms in total. The molecular formula is C59H91N11O12. The van der Waals surface area contributed by atoms with Crippen molar-refractivity contribution in [3.05, 3.63) is 71.8 Å². The van der Waals surface area contributed by atoms with Gasteiger partial charge in [0.25, 0.3) is 5.91 Å². The van der Waals surface area contributed by atoms with Crippen LogP contribution < -0.4 is 54.0 Å². The number of aliphatic hydroxyl groups is 1. The van der Waals surface area contributed by atoms with Crippen molar-refractivity contribution in [2.75, 3.05) is 26.2 Å². The second-order valence-corrected chi connectivity index (χ2v) is 23.4. The number of hydrogen-bond acceptors (Lipinski definition) is 14. The minimum absolute atomic E-state index is 0.0115. The molecule has 0 radical (unpaired) electrons. The molecule has 23 heteroatoms. The number of benzene rings is 2.